The van der Waals surface area contributed by atoms with E-state index in [1.54, 1.807) is 60.7 Å². The van der Waals surface area contributed by atoms with Crippen molar-refractivity contribution < 1.29 is 14.4 Å². The minimum absolute atomic E-state index is 0.00397. The summed E-state index contributed by atoms with van der Waals surface area (Å²) in [6.07, 6.45) is 0. The van der Waals surface area contributed by atoms with Gasteiger partial charge >= 0.3 is 0 Å². The molecule has 3 aromatic carbocycles. The van der Waals surface area contributed by atoms with E-state index in [1.165, 1.54) is 6.92 Å². The second-order valence-electron chi connectivity index (χ2n) is 6.40. The van der Waals surface area contributed by atoms with Gasteiger partial charge in [0.15, 0.2) is 5.78 Å². The molecule has 0 saturated heterocycles. The van der Waals surface area contributed by atoms with Gasteiger partial charge in [0.1, 0.15) is 0 Å². The summed E-state index contributed by atoms with van der Waals surface area (Å²) in [5, 5.41) is 8.55. The van der Waals surface area contributed by atoms with E-state index in [1.807, 2.05) is 18.2 Å². The third kappa shape index (κ3) is 5.52. The summed E-state index contributed by atoms with van der Waals surface area (Å²) in [7, 11) is 0. The minimum atomic E-state index is -0.311. The maximum atomic E-state index is 12.6. The van der Waals surface area contributed by atoms with Gasteiger partial charge < -0.3 is 16.0 Å². The quantitative estimate of drug-likeness (QED) is 0.531. The van der Waals surface area contributed by atoms with E-state index >= 15 is 0 Å². The lowest BCUT2D eigenvalue weighted by Gasteiger charge is -2.12. The van der Waals surface area contributed by atoms with Crippen molar-refractivity contribution in [2.45, 2.75) is 6.92 Å². The minimum Gasteiger partial charge on any atom is -0.376 e. The Morgan fingerprint density at radius 3 is 2.21 bits per heavy atom. The van der Waals surface area contributed by atoms with Crippen LogP contribution in [-0.4, -0.2) is 24.1 Å². The van der Waals surface area contributed by atoms with E-state index in [0.29, 0.717) is 28.2 Å². The van der Waals surface area contributed by atoms with Gasteiger partial charge in [-0.3, -0.25) is 14.4 Å². The van der Waals surface area contributed by atoms with Crippen LogP contribution in [0.15, 0.2) is 78.9 Å². The van der Waals surface area contributed by atoms with Crippen molar-refractivity contribution in [2.24, 2.45) is 0 Å². The molecule has 0 radical (unpaired) electrons. The van der Waals surface area contributed by atoms with Crippen molar-refractivity contribution in [3.05, 3.63) is 90.0 Å². The lowest BCUT2D eigenvalue weighted by atomic mass is 10.1. The molecule has 0 saturated carbocycles. The number of hydrogen-bond donors (Lipinski definition) is 3. The molecule has 6 heteroatoms. The summed E-state index contributed by atoms with van der Waals surface area (Å²) in [4.78, 5) is 36.4. The Bertz CT molecular complexity index is 1030. The van der Waals surface area contributed by atoms with Gasteiger partial charge in [0.2, 0.25) is 5.91 Å². The Kier molecular flexibility index (Phi) is 6.37. The van der Waals surface area contributed by atoms with E-state index < -0.39 is 0 Å². The van der Waals surface area contributed by atoms with E-state index in [4.69, 9.17) is 0 Å². The third-order valence-corrected chi connectivity index (χ3v) is 4.20. The Hall–Kier alpha value is -3.93. The molecular formula is C23H21N3O3. The van der Waals surface area contributed by atoms with Crippen LogP contribution >= 0.6 is 0 Å². The highest BCUT2D eigenvalue weighted by molar-refractivity contribution is 6.10. The molecule has 146 valence electrons. The van der Waals surface area contributed by atoms with Crippen molar-refractivity contribution in [1.29, 1.82) is 0 Å². The number of carbonyl (C=O) groups excluding carboxylic acids is 3. The molecular weight excluding hydrogens is 366 g/mol. The summed E-state index contributed by atoms with van der Waals surface area (Å²) < 4.78 is 0. The molecule has 0 heterocycles. The molecule has 2 amide bonds. The van der Waals surface area contributed by atoms with Crippen molar-refractivity contribution in [3.63, 3.8) is 0 Å². The zero-order chi connectivity index (χ0) is 20.6. The van der Waals surface area contributed by atoms with Crippen molar-refractivity contribution in [2.75, 3.05) is 22.5 Å². The van der Waals surface area contributed by atoms with E-state index in [9.17, 15) is 14.4 Å². The molecule has 0 atom stereocenters. The highest BCUT2D eigenvalue weighted by Gasteiger charge is 2.13. The standard InChI is InChI=1S/C23H21N3O3/c1-16(27)17-8-7-11-19(14-17)24-15-22(28)26-21-13-6-5-12-20(21)23(29)25-18-9-3-2-4-10-18/h2-14,24H,15H2,1H3,(H,25,29)(H,26,28). The van der Waals surface area contributed by atoms with Gasteiger partial charge in [-0.25, -0.2) is 0 Å². The fraction of sp³-hybridized carbons (Fsp3) is 0.0870. The zero-order valence-electron chi connectivity index (χ0n) is 15.9. The van der Waals surface area contributed by atoms with E-state index in [2.05, 4.69) is 16.0 Å². The second-order valence-corrected chi connectivity index (χ2v) is 6.40. The van der Waals surface area contributed by atoms with Gasteiger partial charge in [-0.15, -0.1) is 0 Å². The van der Waals surface area contributed by atoms with Crippen LogP contribution in [0.5, 0.6) is 0 Å². The summed E-state index contributed by atoms with van der Waals surface area (Å²) in [5.41, 5.74) is 2.69. The van der Waals surface area contributed by atoms with Crippen molar-refractivity contribution in [1.82, 2.24) is 0 Å². The van der Waals surface area contributed by atoms with E-state index in [0.717, 1.165) is 0 Å². The lowest BCUT2D eigenvalue weighted by molar-refractivity contribution is -0.114. The molecule has 0 fully saturated rings. The van der Waals surface area contributed by atoms with Crippen LogP contribution in [0.2, 0.25) is 0 Å². The Morgan fingerprint density at radius 1 is 0.759 bits per heavy atom. The monoisotopic (exact) mass is 387 g/mol. The summed E-state index contributed by atoms with van der Waals surface area (Å²) >= 11 is 0. The second kappa shape index (κ2) is 9.32. The van der Waals surface area contributed by atoms with Crippen LogP contribution in [0.1, 0.15) is 27.6 Å². The Balaban J connectivity index is 1.64. The SMILES string of the molecule is CC(=O)c1cccc(NCC(=O)Nc2ccccc2C(=O)Nc2ccccc2)c1. The molecule has 3 aromatic rings. The number of ketones is 1. The molecule has 0 aliphatic heterocycles. The van der Waals surface area contributed by atoms with Crippen molar-refractivity contribution in [3.8, 4) is 0 Å². The third-order valence-electron chi connectivity index (χ3n) is 4.20. The lowest BCUT2D eigenvalue weighted by Crippen LogP contribution is -2.24. The first-order chi connectivity index (χ1) is 14.0. The number of Topliss-reactive ketones (excluding diaryl/α,β-unsaturated/α-hetero) is 1. The molecule has 0 aromatic heterocycles. The zero-order valence-corrected chi connectivity index (χ0v) is 15.9. The molecule has 0 spiro atoms. The molecule has 3 N–H and O–H groups in total. The average molecular weight is 387 g/mol. The van der Waals surface area contributed by atoms with Crippen LogP contribution in [0.3, 0.4) is 0 Å². The predicted molar refractivity (Wildman–Crippen MR) is 114 cm³/mol. The molecule has 0 bridgehead atoms. The Labute approximate surface area is 169 Å². The normalized spacial score (nSPS) is 10.1. The number of rotatable bonds is 7. The number of carbonyl (C=O) groups is 3. The molecule has 0 aliphatic carbocycles. The highest BCUT2D eigenvalue weighted by Crippen LogP contribution is 2.18. The summed E-state index contributed by atoms with van der Waals surface area (Å²) in [6.45, 7) is 1.49. The van der Waals surface area contributed by atoms with Gasteiger partial charge in [0, 0.05) is 16.9 Å². The first-order valence-corrected chi connectivity index (χ1v) is 9.13. The van der Waals surface area contributed by atoms with Gasteiger partial charge in [0.25, 0.3) is 5.91 Å². The molecule has 0 aliphatic rings. The molecule has 6 nitrogen and oxygen atoms in total. The summed E-state index contributed by atoms with van der Waals surface area (Å²) in [5.74, 6) is -0.663. The number of hydrogen-bond acceptors (Lipinski definition) is 4. The topological polar surface area (TPSA) is 87.3 Å². The maximum Gasteiger partial charge on any atom is 0.257 e. The van der Waals surface area contributed by atoms with Crippen LogP contribution in [-0.2, 0) is 4.79 Å². The van der Waals surface area contributed by atoms with Crippen LogP contribution in [0, 0.1) is 0 Å². The number of anilines is 3. The fourth-order valence-electron chi connectivity index (χ4n) is 2.73. The summed E-state index contributed by atoms with van der Waals surface area (Å²) in [6, 6.07) is 22.9. The first kappa shape index (κ1) is 19.8. The van der Waals surface area contributed by atoms with Gasteiger partial charge in [0.05, 0.1) is 17.8 Å². The van der Waals surface area contributed by atoms with Crippen LogP contribution in [0.4, 0.5) is 17.1 Å². The van der Waals surface area contributed by atoms with Crippen LogP contribution < -0.4 is 16.0 Å². The fourth-order valence-corrected chi connectivity index (χ4v) is 2.73. The molecule has 29 heavy (non-hydrogen) atoms. The average Bonchev–Trinajstić information content (AvgIpc) is 2.73. The van der Waals surface area contributed by atoms with Gasteiger partial charge in [-0.2, -0.15) is 0 Å². The number of amides is 2. The predicted octanol–water partition coefficient (Wildman–Crippen LogP) is 4.19. The van der Waals surface area contributed by atoms with Gasteiger partial charge in [-0.1, -0.05) is 42.5 Å². The van der Waals surface area contributed by atoms with Gasteiger partial charge in [-0.05, 0) is 43.3 Å². The molecule has 0 unspecified atom stereocenters. The van der Waals surface area contributed by atoms with Crippen LogP contribution in [0.25, 0.3) is 0 Å². The highest BCUT2D eigenvalue weighted by atomic mass is 16.2. The number of nitrogens with one attached hydrogen (secondary N) is 3. The Morgan fingerprint density at radius 2 is 1.45 bits per heavy atom. The molecule has 3 rings (SSSR count). The first-order valence-electron chi connectivity index (χ1n) is 9.13. The number of para-hydroxylation sites is 2. The maximum absolute atomic E-state index is 12.6. The van der Waals surface area contributed by atoms with E-state index in [-0.39, 0.29) is 24.1 Å². The van der Waals surface area contributed by atoms with Crippen molar-refractivity contribution >= 4 is 34.7 Å². The number of benzene rings is 3. The largest absolute Gasteiger partial charge is 0.376 e. The smallest absolute Gasteiger partial charge is 0.257 e.